The molecule has 8 heteroatoms. The van der Waals surface area contributed by atoms with Crippen molar-refractivity contribution < 1.29 is 4.79 Å². The molecule has 0 saturated carbocycles. The highest BCUT2D eigenvalue weighted by molar-refractivity contribution is 5.93. The van der Waals surface area contributed by atoms with Crippen LogP contribution in [-0.4, -0.2) is 30.5 Å². The summed E-state index contributed by atoms with van der Waals surface area (Å²) in [5.74, 6) is 0.109. The Morgan fingerprint density at radius 1 is 1.14 bits per heavy atom. The number of nitrogens with one attached hydrogen (secondary N) is 1. The second kappa shape index (κ2) is 6.52. The molecule has 3 N–H and O–H groups in total. The minimum atomic E-state index is -0.249. The molecule has 0 amide bonds. The molecule has 8 nitrogen and oxygen atoms in total. The smallest absolute Gasteiger partial charge is 0.272 e. The Kier molecular flexibility index (Phi) is 3.95. The highest BCUT2D eigenvalue weighted by Gasteiger charge is 2.24. The van der Waals surface area contributed by atoms with E-state index in [2.05, 4.69) is 15.3 Å². The summed E-state index contributed by atoms with van der Waals surface area (Å²) in [4.78, 5) is 24.7. The topological polar surface area (TPSA) is 112 Å². The van der Waals surface area contributed by atoms with Gasteiger partial charge in [-0.1, -0.05) is 6.07 Å². The first kappa shape index (κ1) is 17.6. The number of carbonyl (C=O) groups excluding carboxylic acids is 1. The summed E-state index contributed by atoms with van der Waals surface area (Å²) < 4.78 is 3.59. The van der Waals surface area contributed by atoms with Crippen LogP contribution in [0.5, 0.6) is 0 Å². The van der Waals surface area contributed by atoms with E-state index in [9.17, 15) is 9.59 Å². The molecule has 0 aliphatic carbocycles. The monoisotopic (exact) mass is 388 g/mol. The zero-order valence-corrected chi connectivity index (χ0v) is 16.0. The number of aromatic amines is 1. The molecule has 0 bridgehead atoms. The van der Waals surface area contributed by atoms with Crippen LogP contribution in [0.15, 0.2) is 41.3 Å². The van der Waals surface area contributed by atoms with E-state index in [1.807, 2.05) is 35.9 Å². The molecule has 0 spiro atoms. The predicted molar refractivity (Wildman–Crippen MR) is 109 cm³/mol. The summed E-state index contributed by atoms with van der Waals surface area (Å²) in [7, 11) is 1.87. The second-order valence-corrected chi connectivity index (χ2v) is 7.29. The van der Waals surface area contributed by atoms with Crippen LogP contribution < -0.4 is 11.3 Å². The molecule has 4 heterocycles. The Morgan fingerprint density at radius 2 is 2.00 bits per heavy atom. The molecule has 0 radical (unpaired) electrons. The Balaban J connectivity index is 1.74. The molecule has 0 unspecified atom stereocenters. The minimum Gasteiger partial charge on any atom is -0.325 e. The van der Waals surface area contributed by atoms with Crippen LogP contribution in [0.2, 0.25) is 0 Å². The van der Waals surface area contributed by atoms with Crippen LogP contribution in [0.3, 0.4) is 0 Å². The summed E-state index contributed by atoms with van der Waals surface area (Å²) in [6.45, 7) is 0.220. The number of carbonyl (C=O) groups is 1. The first-order valence-corrected chi connectivity index (χ1v) is 9.56. The highest BCUT2D eigenvalue weighted by Crippen LogP contribution is 2.35. The number of rotatable bonds is 3. The van der Waals surface area contributed by atoms with Crippen molar-refractivity contribution in [3.63, 3.8) is 0 Å². The molecule has 0 saturated heterocycles. The number of aryl methyl sites for hydroxylation is 2. The van der Waals surface area contributed by atoms with E-state index >= 15 is 0 Å². The van der Waals surface area contributed by atoms with Crippen molar-refractivity contribution in [2.75, 3.05) is 0 Å². The van der Waals surface area contributed by atoms with E-state index in [-0.39, 0.29) is 18.0 Å². The summed E-state index contributed by atoms with van der Waals surface area (Å²) in [5.41, 5.74) is 10.7. The highest BCUT2D eigenvalue weighted by atomic mass is 16.2. The Labute approximate surface area is 166 Å². The lowest BCUT2D eigenvalue weighted by Crippen LogP contribution is -2.20. The molecule has 4 aromatic rings. The van der Waals surface area contributed by atoms with Crippen LogP contribution in [0, 0.1) is 0 Å². The fraction of sp³-hybridized carbons (Fsp3) is 0.238. The van der Waals surface area contributed by atoms with Crippen molar-refractivity contribution in [3.8, 4) is 22.5 Å². The van der Waals surface area contributed by atoms with Crippen LogP contribution in [0.4, 0.5) is 0 Å². The van der Waals surface area contributed by atoms with Gasteiger partial charge in [-0.2, -0.15) is 10.2 Å². The van der Waals surface area contributed by atoms with Gasteiger partial charge in [0.25, 0.3) is 5.56 Å². The maximum absolute atomic E-state index is 12.6. The van der Waals surface area contributed by atoms with Crippen molar-refractivity contribution >= 4 is 16.7 Å². The average Bonchev–Trinajstić information content (AvgIpc) is 3.32. The zero-order chi connectivity index (χ0) is 20.1. The molecular formula is C21H20N6O2. The van der Waals surface area contributed by atoms with Gasteiger partial charge in [-0.15, -0.1) is 0 Å². The van der Waals surface area contributed by atoms with E-state index in [1.165, 1.54) is 0 Å². The molecule has 5 rings (SSSR count). The number of hydrogen-bond acceptors (Lipinski definition) is 5. The van der Waals surface area contributed by atoms with E-state index in [4.69, 9.17) is 5.73 Å². The molecule has 1 aliphatic rings. The van der Waals surface area contributed by atoms with E-state index in [0.717, 1.165) is 46.4 Å². The first-order valence-electron chi connectivity index (χ1n) is 9.56. The van der Waals surface area contributed by atoms with Gasteiger partial charge in [-0.3, -0.25) is 18.8 Å². The fourth-order valence-corrected chi connectivity index (χ4v) is 4.18. The number of fused-ring (bicyclic) bond motifs is 2. The van der Waals surface area contributed by atoms with Gasteiger partial charge in [0.05, 0.1) is 28.7 Å². The quantitative estimate of drug-likeness (QED) is 0.559. The van der Waals surface area contributed by atoms with Crippen molar-refractivity contribution in [1.82, 2.24) is 24.5 Å². The van der Waals surface area contributed by atoms with Crippen LogP contribution in [0.25, 0.3) is 33.3 Å². The maximum atomic E-state index is 12.6. The van der Waals surface area contributed by atoms with E-state index < -0.39 is 0 Å². The van der Waals surface area contributed by atoms with E-state index in [1.54, 1.807) is 16.9 Å². The normalized spacial score (nSPS) is 13.8. The lowest BCUT2D eigenvalue weighted by molar-refractivity contribution is 0.0886. The van der Waals surface area contributed by atoms with Gasteiger partial charge < -0.3 is 5.73 Å². The van der Waals surface area contributed by atoms with Gasteiger partial charge in [-0.05, 0) is 42.7 Å². The number of H-pyrrole nitrogens is 1. The molecular weight excluding hydrogens is 368 g/mol. The van der Waals surface area contributed by atoms with Gasteiger partial charge in [0.15, 0.2) is 0 Å². The number of nitrogens with zero attached hydrogens (tertiary/aromatic N) is 4. The average molecular weight is 388 g/mol. The Hall–Kier alpha value is -3.52. The second-order valence-electron chi connectivity index (χ2n) is 7.29. The van der Waals surface area contributed by atoms with Gasteiger partial charge >= 0.3 is 0 Å². The van der Waals surface area contributed by atoms with Gasteiger partial charge in [0.1, 0.15) is 0 Å². The van der Waals surface area contributed by atoms with Crippen molar-refractivity contribution in [2.45, 2.75) is 25.8 Å². The molecule has 29 heavy (non-hydrogen) atoms. The third kappa shape index (κ3) is 2.64. The van der Waals surface area contributed by atoms with Crippen molar-refractivity contribution in [1.29, 1.82) is 0 Å². The molecule has 0 fully saturated rings. The standard InChI is InChI=1S/C21H20N6O2/c1-26-20(18-8-6-13-3-2-4-19(28)27(13)18)16(11-23-26)12-5-7-14-15(9-12)17(10-22)24-25-21(14)29/h5-9,11H,2-4,10,22H2,1H3,(H,25,29). The van der Waals surface area contributed by atoms with Crippen molar-refractivity contribution in [3.05, 3.63) is 58.3 Å². The summed E-state index contributed by atoms with van der Waals surface area (Å²) in [5, 5.41) is 12.3. The minimum absolute atomic E-state index is 0.109. The van der Waals surface area contributed by atoms with Gasteiger partial charge in [-0.25, -0.2) is 5.10 Å². The zero-order valence-electron chi connectivity index (χ0n) is 16.0. The third-order valence-electron chi connectivity index (χ3n) is 5.59. The molecule has 0 atom stereocenters. The molecule has 1 aliphatic heterocycles. The summed E-state index contributed by atoms with van der Waals surface area (Å²) in [6.07, 6.45) is 4.11. The van der Waals surface area contributed by atoms with Crippen LogP contribution in [-0.2, 0) is 20.0 Å². The van der Waals surface area contributed by atoms with Crippen molar-refractivity contribution in [2.24, 2.45) is 12.8 Å². The van der Waals surface area contributed by atoms with Crippen LogP contribution >= 0.6 is 0 Å². The van der Waals surface area contributed by atoms with Crippen LogP contribution in [0.1, 0.15) is 29.0 Å². The molecule has 1 aromatic carbocycles. The van der Waals surface area contributed by atoms with E-state index in [0.29, 0.717) is 17.5 Å². The lowest BCUT2D eigenvalue weighted by atomic mass is 10.0. The number of aromatic nitrogens is 5. The van der Waals surface area contributed by atoms with Gasteiger partial charge in [0.2, 0.25) is 5.91 Å². The van der Waals surface area contributed by atoms with Gasteiger partial charge in [0, 0.05) is 36.7 Å². The Bertz CT molecular complexity index is 1330. The third-order valence-corrected chi connectivity index (χ3v) is 5.59. The molecule has 146 valence electrons. The predicted octanol–water partition coefficient (Wildman–Crippen LogP) is 2.23. The maximum Gasteiger partial charge on any atom is 0.272 e. The fourth-order valence-electron chi connectivity index (χ4n) is 4.18. The Morgan fingerprint density at radius 3 is 2.83 bits per heavy atom. The largest absolute Gasteiger partial charge is 0.325 e. The molecule has 3 aromatic heterocycles. The summed E-state index contributed by atoms with van der Waals surface area (Å²) >= 11 is 0. The number of hydrogen-bond donors (Lipinski definition) is 2. The lowest BCUT2D eigenvalue weighted by Gasteiger charge is -2.17. The SMILES string of the molecule is Cn1ncc(-c2ccc3c(=O)[nH]nc(CN)c3c2)c1-c1ccc2n1C(=O)CCC2. The number of benzene rings is 1. The summed E-state index contributed by atoms with van der Waals surface area (Å²) in [6, 6.07) is 9.58. The number of nitrogens with two attached hydrogens (primary N) is 1. The first-order chi connectivity index (χ1) is 14.1.